The smallest absolute Gasteiger partial charge is 0.320 e. The minimum absolute atomic E-state index is 0.0603. The predicted octanol–water partition coefficient (Wildman–Crippen LogP) is 6.92. The van der Waals surface area contributed by atoms with Gasteiger partial charge in [0.1, 0.15) is 11.6 Å². The number of aryl methyl sites for hydroxylation is 1. The number of carbonyl (C=O) groups excluding carboxylic acids is 1. The first kappa shape index (κ1) is 24.7. The van der Waals surface area contributed by atoms with E-state index < -0.39 is 6.55 Å². The quantitative estimate of drug-likeness (QED) is 0.323. The van der Waals surface area contributed by atoms with Gasteiger partial charge < -0.3 is 10.0 Å². The summed E-state index contributed by atoms with van der Waals surface area (Å²) in [5, 5.41) is 9.89. The van der Waals surface area contributed by atoms with E-state index in [1.807, 2.05) is 44.2 Å². The molecule has 1 amide bonds. The molecule has 1 fully saturated rings. The predicted molar refractivity (Wildman–Crippen MR) is 141 cm³/mol. The number of halogens is 2. The maximum absolute atomic E-state index is 13.9. The number of aromatic hydroxyl groups is 1. The number of phenolic OH excluding ortho intramolecular Hbond substituents is 1. The zero-order valence-corrected chi connectivity index (χ0v) is 20.9. The molecule has 0 saturated carbocycles. The lowest BCUT2D eigenvalue weighted by Gasteiger charge is -2.32. The van der Waals surface area contributed by atoms with Crippen molar-refractivity contribution in [1.29, 1.82) is 0 Å². The van der Waals surface area contributed by atoms with Crippen molar-refractivity contribution < 1.29 is 18.7 Å². The molecule has 5 rings (SSSR count). The Bertz CT molecular complexity index is 1480. The summed E-state index contributed by atoms with van der Waals surface area (Å²) in [4.78, 5) is 19.6. The molecular formula is C30H29F2N3O2. The van der Waals surface area contributed by atoms with Crippen LogP contribution < -0.4 is 0 Å². The summed E-state index contributed by atoms with van der Waals surface area (Å²) in [6, 6.07) is 19.7. The Kier molecular flexibility index (Phi) is 6.78. The van der Waals surface area contributed by atoms with Crippen LogP contribution in [0.1, 0.15) is 65.1 Å². The number of imidazole rings is 1. The van der Waals surface area contributed by atoms with Crippen molar-refractivity contribution in [2.24, 2.45) is 0 Å². The van der Waals surface area contributed by atoms with E-state index >= 15 is 0 Å². The number of fused-ring (bicyclic) bond motifs is 1. The first-order valence-electron chi connectivity index (χ1n) is 12.5. The summed E-state index contributed by atoms with van der Waals surface area (Å²) >= 11 is 0. The summed E-state index contributed by atoms with van der Waals surface area (Å²) in [5.74, 6) is 0.409. The molecule has 4 aromatic rings. The maximum Gasteiger partial charge on any atom is 0.320 e. The Morgan fingerprint density at radius 3 is 2.46 bits per heavy atom. The number of para-hydroxylation sites is 2. The molecule has 0 radical (unpaired) electrons. The second kappa shape index (κ2) is 10.2. The molecule has 0 unspecified atom stereocenters. The first-order valence-corrected chi connectivity index (χ1v) is 12.5. The van der Waals surface area contributed by atoms with Gasteiger partial charge >= 0.3 is 6.55 Å². The number of allylic oxidation sites excluding steroid dienone is 1. The lowest BCUT2D eigenvalue weighted by atomic mass is 9.92. The molecule has 3 aromatic carbocycles. The van der Waals surface area contributed by atoms with Crippen LogP contribution in [0, 0.1) is 6.92 Å². The van der Waals surface area contributed by atoms with Gasteiger partial charge in [-0.05, 0) is 85.4 Å². The van der Waals surface area contributed by atoms with Crippen molar-refractivity contribution in [3.63, 3.8) is 0 Å². The van der Waals surface area contributed by atoms with E-state index in [1.54, 1.807) is 47.4 Å². The van der Waals surface area contributed by atoms with Crippen molar-refractivity contribution in [3.05, 3.63) is 101 Å². The van der Waals surface area contributed by atoms with Crippen LogP contribution in [0.3, 0.4) is 0 Å². The Hall–Kier alpha value is -4.00. The standard InChI is InChI=1S/C30H29F2N3O2/c1-3-24(21-7-6-8-23(36)18-21)25-12-11-22(17-19(25)2)29(37)34-15-13-20(14-16-34)28-33-26-9-4-5-10-27(26)35(28)30(31)32/h3-12,17-18,20,30,36H,13-16H2,1-2H3/b24-3-. The fourth-order valence-corrected chi connectivity index (χ4v) is 5.33. The van der Waals surface area contributed by atoms with E-state index in [0.29, 0.717) is 48.4 Å². The fourth-order valence-electron chi connectivity index (χ4n) is 5.33. The van der Waals surface area contributed by atoms with Crippen LogP contribution in [0.4, 0.5) is 8.78 Å². The largest absolute Gasteiger partial charge is 0.508 e. The second-order valence-corrected chi connectivity index (χ2v) is 9.46. The van der Waals surface area contributed by atoms with Crippen molar-refractivity contribution >= 4 is 22.5 Å². The molecule has 1 aliphatic heterocycles. The van der Waals surface area contributed by atoms with Gasteiger partial charge in [-0.1, -0.05) is 36.4 Å². The zero-order valence-electron chi connectivity index (χ0n) is 20.9. The molecule has 2 heterocycles. The average Bonchev–Trinajstić information content (AvgIpc) is 3.30. The summed E-state index contributed by atoms with van der Waals surface area (Å²) in [6.07, 6.45) is 3.16. The number of rotatable bonds is 5. The van der Waals surface area contributed by atoms with Crippen molar-refractivity contribution in [2.75, 3.05) is 13.1 Å². The van der Waals surface area contributed by atoms with Gasteiger partial charge in [-0.15, -0.1) is 0 Å². The third-order valence-electron chi connectivity index (χ3n) is 7.17. The SMILES string of the molecule is C/C=C(/c1cccc(O)c1)c1ccc(C(=O)N2CCC(c3nc4ccccc4n3C(F)F)CC2)cc1C. The van der Waals surface area contributed by atoms with Gasteiger partial charge in [0.2, 0.25) is 0 Å². The third kappa shape index (κ3) is 4.73. The van der Waals surface area contributed by atoms with Gasteiger partial charge in [0.15, 0.2) is 0 Å². The molecular weight excluding hydrogens is 472 g/mol. The van der Waals surface area contributed by atoms with Crippen molar-refractivity contribution in [3.8, 4) is 5.75 Å². The van der Waals surface area contributed by atoms with E-state index in [9.17, 15) is 18.7 Å². The van der Waals surface area contributed by atoms with Gasteiger partial charge in [0, 0.05) is 24.6 Å². The van der Waals surface area contributed by atoms with Crippen molar-refractivity contribution in [1.82, 2.24) is 14.5 Å². The van der Waals surface area contributed by atoms with Crippen LogP contribution in [-0.4, -0.2) is 38.6 Å². The maximum atomic E-state index is 13.9. The lowest BCUT2D eigenvalue weighted by Crippen LogP contribution is -2.38. The van der Waals surface area contributed by atoms with Gasteiger partial charge in [0.25, 0.3) is 5.91 Å². The number of piperidine rings is 1. The van der Waals surface area contributed by atoms with Crippen molar-refractivity contribution in [2.45, 2.75) is 39.2 Å². The summed E-state index contributed by atoms with van der Waals surface area (Å²) in [7, 11) is 0. The Balaban J connectivity index is 1.32. The van der Waals surface area contributed by atoms with Crippen LogP contribution in [-0.2, 0) is 0 Å². The lowest BCUT2D eigenvalue weighted by molar-refractivity contribution is 0.0634. The highest BCUT2D eigenvalue weighted by Gasteiger charge is 2.30. The van der Waals surface area contributed by atoms with Crippen LogP contribution >= 0.6 is 0 Å². The number of aromatic nitrogens is 2. The minimum atomic E-state index is -2.66. The van der Waals surface area contributed by atoms with Crippen LogP contribution in [0.15, 0.2) is 72.8 Å². The van der Waals surface area contributed by atoms with Crippen LogP contribution in [0.2, 0.25) is 0 Å². The summed E-state index contributed by atoms with van der Waals surface area (Å²) in [6.45, 7) is 2.23. The number of benzene rings is 3. The molecule has 1 N–H and O–H groups in total. The number of amides is 1. The molecule has 0 bridgehead atoms. The molecule has 1 aromatic heterocycles. The number of phenols is 1. The highest BCUT2D eigenvalue weighted by atomic mass is 19.3. The van der Waals surface area contributed by atoms with E-state index in [-0.39, 0.29) is 17.6 Å². The molecule has 0 spiro atoms. The summed E-state index contributed by atoms with van der Waals surface area (Å²) in [5.41, 5.74) is 5.45. The zero-order chi connectivity index (χ0) is 26.1. The molecule has 0 aliphatic carbocycles. The van der Waals surface area contributed by atoms with E-state index in [0.717, 1.165) is 26.8 Å². The van der Waals surface area contributed by atoms with E-state index in [2.05, 4.69) is 4.98 Å². The topological polar surface area (TPSA) is 58.4 Å². The Labute approximate surface area is 214 Å². The minimum Gasteiger partial charge on any atom is -0.508 e. The number of hydrogen-bond acceptors (Lipinski definition) is 3. The summed E-state index contributed by atoms with van der Waals surface area (Å²) < 4.78 is 28.8. The highest BCUT2D eigenvalue weighted by Crippen LogP contribution is 2.34. The third-order valence-corrected chi connectivity index (χ3v) is 7.17. The van der Waals surface area contributed by atoms with Gasteiger partial charge in [-0.3, -0.25) is 9.36 Å². The van der Waals surface area contributed by atoms with Gasteiger partial charge in [-0.2, -0.15) is 8.78 Å². The van der Waals surface area contributed by atoms with Crippen LogP contribution in [0.5, 0.6) is 5.75 Å². The van der Waals surface area contributed by atoms with Crippen LogP contribution in [0.25, 0.3) is 16.6 Å². The molecule has 37 heavy (non-hydrogen) atoms. The number of nitrogens with zero attached hydrogens (tertiary/aromatic N) is 3. The Morgan fingerprint density at radius 2 is 1.78 bits per heavy atom. The highest BCUT2D eigenvalue weighted by molar-refractivity contribution is 5.95. The normalized spacial score (nSPS) is 15.1. The molecule has 1 aliphatic rings. The first-order chi connectivity index (χ1) is 17.9. The second-order valence-electron chi connectivity index (χ2n) is 9.46. The molecule has 7 heteroatoms. The Morgan fingerprint density at radius 1 is 1.03 bits per heavy atom. The molecule has 190 valence electrons. The number of likely N-dealkylation sites (tertiary alicyclic amines) is 1. The fraction of sp³-hybridized carbons (Fsp3) is 0.267. The number of carbonyl (C=O) groups is 1. The molecule has 1 saturated heterocycles. The van der Waals surface area contributed by atoms with E-state index in [1.165, 1.54) is 0 Å². The average molecular weight is 502 g/mol. The van der Waals surface area contributed by atoms with E-state index in [4.69, 9.17) is 0 Å². The monoisotopic (exact) mass is 501 g/mol. The molecule has 0 atom stereocenters. The van der Waals surface area contributed by atoms with Gasteiger partial charge in [-0.25, -0.2) is 4.98 Å². The van der Waals surface area contributed by atoms with Gasteiger partial charge in [0.05, 0.1) is 11.0 Å². The number of hydrogen-bond donors (Lipinski definition) is 1. The number of alkyl halides is 2. The molecule has 5 nitrogen and oxygen atoms in total.